The highest BCUT2D eigenvalue weighted by Crippen LogP contribution is 2.23. The largest absolute Gasteiger partial charge is 0.263 e. The van der Waals surface area contributed by atoms with Gasteiger partial charge in [-0.15, -0.1) is 11.8 Å². The van der Waals surface area contributed by atoms with Gasteiger partial charge in [-0.1, -0.05) is 0 Å². The summed E-state index contributed by atoms with van der Waals surface area (Å²) in [6.45, 7) is 0. The lowest BCUT2D eigenvalue weighted by molar-refractivity contribution is 1.22. The van der Waals surface area contributed by atoms with Crippen molar-refractivity contribution >= 4 is 27.7 Å². The van der Waals surface area contributed by atoms with Gasteiger partial charge in [-0.25, -0.2) is 0 Å². The molecule has 0 aliphatic rings. The molecule has 0 fully saturated rings. The Labute approximate surface area is 67.0 Å². The molecule has 0 bridgehead atoms. The van der Waals surface area contributed by atoms with E-state index in [-0.39, 0.29) is 0 Å². The minimum Gasteiger partial charge on any atom is -0.263 e. The van der Waals surface area contributed by atoms with Crippen LogP contribution in [-0.4, -0.2) is 11.2 Å². The first-order valence-corrected chi connectivity index (χ1v) is 4.50. The lowest BCUT2D eigenvalue weighted by atomic mass is 10.5. The molecule has 1 aromatic heterocycles. The van der Waals surface area contributed by atoms with Crippen LogP contribution in [0.5, 0.6) is 0 Å². The fourth-order valence-electron chi connectivity index (χ4n) is 0.513. The summed E-state index contributed by atoms with van der Waals surface area (Å²) in [6.07, 6.45) is 5.64. The predicted molar refractivity (Wildman–Crippen MR) is 43.7 cm³/mol. The van der Waals surface area contributed by atoms with Crippen molar-refractivity contribution in [2.24, 2.45) is 0 Å². The zero-order chi connectivity index (χ0) is 6.69. The first-order valence-electron chi connectivity index (χ1n) is 2.48. The molecule has 3 heteroatoms. The van der Waals surface area contributed by atoms with E-state index in [1.807, 2.05) is 18.5 Å². The number of halogens is 1. The van der Waals surface area contributed by atoms with Gasteiger partial charge in [0.15, 0.2) is 0 Å². The third-order valence-electron chi connectivity index (χ3n) is 0.954. The van der Waals surface area contributed by atoms with Crippen molar-refractivity contribution in [3.8, 4) is 0 Å². The number of hydrogen-bond donors (Lipinski definition) is 0. The summed E-state index contributed by atoms with van der Waals surface area (Å²) in [5.74, 6) is 0. The molecule has 0 unspecified atom stereocenters. The SMILES string of the molecule is CSc1cnccc1Br. The monoisotopic (exact) mass is 203 g/mol. The first-order chi connectivity index (χ1) is 4.34. The van der Waals surface area contributed by atoms with Crippen LogP contribution < -0.4 is 0 Å². The van der Waals surface area contributed by atoms with Crippen LogP contribution in [-0.2, 0) is 0 Å². The molecule has 0 amide bonds. The zero-order valence-electron chi connectivity index (χ0n) is 4.97. The van der Waals surface area contributed by atoms with E-state index in [0.29, 0.717) is 0 Å². The fourth-order valence-corrected chi connectivity index (χ4v) is 1.65. The summed E-state index contributed by atoms with van der Waals surface area (Å²) in [7, 11) is 0. The summed E-state index contributed by atoms with van der Waals surface area (Å²) in [4.78, 5) is 5.14. The highest BCUT2D eigenvalue weighted by Gasteiger charge is 1.93. The molecular formula is C6H6BrNS. The maximum absolute atomic E-state index is 3.97. The Morgan fingerprint density at radius 1 is 1.67 bits per heavy atom. The van der Waals surface area contributed by atoms with Gasteiger partial charge in [-0.2, -0.15) is 0 Å². The summed E-state index contributed by atoms with van der Waals surface area (Å²) in [5, 5.41) is 0. The molecule has 9 heavy (non-hydrogen) atoms. The lowest BCUT2D eigenvalue weighted by Crippen LogP contribution is -1.74. The molecule has 0 radical (unpaired) electrons. The molecule has 0 aromatic carbocycles. The highest BCUT2D eigenvalue weighted by molar-refractivity contribution is 9.10. The van der Waals surface area contributed by atoms with Gasteiger partial charge in [0.25, 0.3) is 0 Å². The van der Waals surface area contributed by atoms with E-state index in [2.05, 4.69) is 20.9 Å². The van der Waals surface area contributed by atoms with Crippen LogP contribution in [0.3, 0.4) is 0 Å². The molecule has 1 aromatic rings. The third kappa shape index (κ3) is 1.69. The van der Waals surface area contributed by atoms with Crippen molar-refractivity contribution in [3.63, 3.8) is 0 Å². The van der Waals surface area contributed by atoms with Crippen molar-refractivity contribution in [1.29, 1.82) is 0 Å². The molecule has 48 valence electrons. The van der Waals surface area contributed by atoms with E-state index in [4.69, 9.17) is 0 Å². The van der Waals surface area contributed by atoms with Crippen molar-refractivity contribution in [1.82, 2.24) is 4.98 Å². The van der Waals surface area contributed by atoms with E-state index in [9.17, 15) is 0 Å². The summed E-state index contributed by atoms with van der Waals surface area (Å²) < 4.78 is 1.12. The molecular weight excluding hydrogens is 198 g/mol. The maximum Gasteiger partial charge on any atom is 0.0415 e. The van der Waals surface area contributed by atoms with Crippen LogP contribution in [0.1, 0.15) is 0 Å². The highest BCUT2D eigenvalue weighted by atomic mass is 79.9. The molecule has 0 aliphatic heterocycles. The minimum absolute atomic E-state index is 1.12. The Morgan fingerprint density at radius 3 is 2.89 bits per heavy atom. The Hall–Kier alpha value is -0.0200. The lowest BCUT2D eigenvalue weighted by Gasteiger charge is -1.95. The molecule has 0 spiro atoms. The Kier molecular flexibility index (Phi) is 2.54. The molecule has 0 N–H and O–H groups in total. The fraction of sp³-hybridized carbons (Fsp3) is 0.167. The van der Waals surface area contributed by atoms with E-state index in [1.165, 1.54) is 4.90 Å². The van der Waals surface area contributed by atoms with Gasteiger partial charge >= 0.3 is 0 Å². The van der Waals surface area contributed by atoms with Crippen molar-refractivity contribution in [2.45, 2.75) is 4.90 Å². The van der Waals surface area contributed by atoms with Gasteiger partial charge in [0.05, 0.1) is 0 Å². The van der Waals surface area contributed by atoms with Crippen LogP contribution in [0, 0.1) is 0 Å². The summed E-state index contributed by atoms with van der Waals surface area (Å²) >= 11 is 5.08. The summed E-state index contributed by atoms with van der Waals surface area (Å²) in [5.41, 5.74) is 0. The average molecular weight is 204 g/mol. The first kappa shape index (κ1) is 7.09. The number of aromatic nitrogens is 1. The van der Waals surface area contributed by atoms with Gasteiger partial charge in [0, 0.05) is 21.8 Å². The number of hydrogen-bond acceptors (Lipinski definition) is 2. The van der Waals surface area contributed by atoms with E-state index >= 15 is 0 Å². The number of thioether (sulfide) groups is 1. The van der Waals surface area contributed by atoms with Crippen LogP contribution in [0.4, 0.5) is 0 Å². The van der Waals surface area contributed by atoms with Gasteiger partial charge in [0.1, 0.15) is 0 Å². The van der Waals surface area contributed by atoms with E-state index < -0.39 is 0 Å². The van der Waals surface area contributed by atoms with Crippen molar-refractivity contribution < 1.29 is 0 Å². The molecule has 1 heterocycles. The Morgan fingerprint density at radius 2 is 2.44 bits per heavy atom. The Bertz CT molecular complexity index is 202. The second kappa shape index (κ2) is 3.22. The van der Waals surface area contributed by atoms with Crippen LogP contribution in [0.2, 0.25) is 0 Å². The van der Waals surface area contributed by atoms with Crippen LogP contribution in [0.15, 0.2) is 27.8 Å². The molecule has 0 aliphatic carbocycles. The standard InChI is InChI=1S/C6H6BrNS/c1-9-6-4-8-3-2-5(6)7/h2-4H,1H3. The molecule has 0 saturated carbocycles. The predicted octanol–water partition coefficient (Wildman–Crippen LogP) is 2.57. The van der Waals surface area contributed by atoms with Crippen molar-refractivity contribution in [3.05, 3.63) is 22.9 Å². The zero-order valence-corrected chi connectivity index (χ0v) is 7.37. The maximum atomic E-state index is 3.97. The molecule has 1 rings (SSSR count). The van der Waals surface area contributed by atoms with Crippen molar-refractivity contribution in [2.75, 3.05) is 6.26 Å². The third-order valence-corrected chi connectivity index (χ3v) is 2.67. The normalized spacial score (nSPS) is 9.56. The van der Waals surface area contributed by atoms with Gasteiger partial charge in [0.2, 0.25) is 0 Å². The topological polar surface area (TPSA) is 12.9 Å². The second-order valence-electron chi connectivity index (χ2n) is 1.51. The van der Waals surface area contributed by atoms with Gasteiger partial charge in [-0.05, 0) is 28.3 Å². The smallest absolute Gasteiger partial charge is 0.0415 e. The minimum atomic E-state index is 1.12. The molecule has 0 saturated heterocycles. The van der Waals surface area contributed by atoms with Crippen LogP contribution in [0.25, 0.3) is 0 Å². The quantitative estimate of drug-likeness (QED) is 0.652. The molecule has 1 nitrogen and oxygen atoms in total. The number of pyridine rings is 1. The molecule has 0 atom stereocenters. The average Bonchev–Trinajstić information content (AvgIpc) is 1.89. The van der Waals surface area contributed by atoms with E-state index in [0.717, 1.165) is 4.47 Å². The Balaban J connectivity index is 3.01. The summed E-state index contributed by atoms with van der Waals surface area (Å²) in [6, 6.07) is 1.94. The van der Waals surface area contributed by atoms with Gasteiger partial charge in [-0.3, -0.25) is 4.98 Å². The number of rotatable bonds is 1. The van der Waals surface area contributed by atoms with Crippen LogP contribution >= 0.6 is 27.7 Å². The second-order valence-corrected chi connectivity index (χ2v) is 3.21. The number of nitrogens with zero attached hydrogens (tertiary/aromatic N) is 1. The van der Waals surface area contributed by atoms with E-state index in [1.54, 1.807) is 18.0 Å². The van der Waals surface area contributed by atoms with Gasteiger partial charge < -0.3 is 0 Å².